The molecule has 0 bridgehead atoms. The van der Waals surface area contributed by atoms with Crippen molar-refractivity contribution in [3.8, 4) is 0 Å². The predicted molar refractivity (Wildman–Crippen MR) is 118 cm³/mol. The fourth-order valence-corrected chi connectivity index (χ4v) is 3.39. The summed E-state index contributed by atoms with van der Waals surface area (Å²) in [6.07, 6.45) is -4.18. The molecule has 2 rings (SSSR count). The number of halogens is 5. The molecule has 0 saturated carbocycles. The van der Waals surface area contributed by atoms with Crippen LogP contribution in [0.4, 0.5) is 17.6 Å². The van der Waals surface area contributed by atoms with Crippen molar-refractivity contribution in [3.05, 3.63) is 45.9 Å². The number of benzene rings is 1. The minimum absolute atomic E-state index is 0.0196. The van der Waals surface area contributed by atoms with E-state index in [9.17, 15) is 22.4 Å². The first-order valence-corrected chi connectivity index (χ1v) is 10.6. The molecular formula is C22H27ClF4N4O. The maximum atomic E-state index is 13.7. The van der Waals surface area contributed by atoms with Gasteiger partial charge in [0.15, 0.2) is 0 Å². The Hall–Kier alpha value is -2.42. The number of hydrogen-bond acceptors (Lipinski definition) is 3. The summed E-state index contributed by atoms with van der Waals surface area (Å²) in [4.78, 5) is 21.5. The van der Waals surface area contributed by atoms with Gasteiger partial charge in [0.2, 0.25) is 5.96 Å². The highest BCUT2D eigenvalue weighted by atomic mass is 35.5. The Morgan fingerprint density at radius 1 is 1.28 bits per heavy atom. The molecule has 3 N–H and O–H groups in total. The molecule has 0 saturated heterocycles. The first-order chi connectivity index (χ1) is 14.7. The summed E-state index contributed by atoms with van der Waals surface area (Å²) in [5.41, 5.74) is 6.52. The van der Waals surface area contributed by atoms with Gasteiger partial charge in [0.1, 0.15) is 5.82 Å². The Kier molecular flexibility index (Phi) is 8.09. The smallest absolute Gasteiger partial charge is 0.392 e. The van der Waals surface area contributed by atoms with Crippen LogP contribution in [0.25, 0.3) is 0 Å². The van der Waals surface area contributed by atoms with Crippen LogP contribution in [0, 0.1) is 11.7 Å². The van der Waals surface area contributed by atoms with E-state index in [-0.39, 0.29) is 41.5 Å². The van der Waals surface area contributed by atoms with E-state index in [0.717, 1.165) is 6.07 Å². The Bertz CT molecular complexity index is 962. The van der Waals surface area contributed by atoms with Crippen LogP contribution in [0.3, 0.4) is 0 Å². The number of nitrogens with two attached hydrogens (primary N) is 1. The van der Waals surface area contributed by atoms with Crippen molar-refractivity contribution >= 4 is 29.2 Å². The predicted octanol–water partition coefficient (Wildman–Crippen LogP) is 5.79. The van der Waals surface area contributed by atoms with Crippen LogP contribution >= 0.6 is 11.6 Å². The number of carbonyl (C=O) groups is 1. The molecule has 1 aromatic carbocycles. The number of nitrogens with zero attached hydrogens (tertiary/aromatic N) is 2. The Morgan fingerprint density at radius 2 is 1.94 bits per heavy atom. The van der Waals surface area contributed by atoms with E-state index in [4.69, 9.17) is 17.3 Å². The summed E-state index contributed by atoms with van der Waals surface area (Å²) >= 11 is 5.66. The zero-order valence-electron chi connectivity index (χ0n) is 18.4. The lowest BCUT2D eigenvalue weighted by molar-refractivity contribution is -0.176. The second kappa shape index (κ2) is 10.0. The molecule has 32 heavy (non-hydrogen) atoms. The summed E-state index contributed by atoms with van der Waals surface area (Å²) in [5, 5.41) is 2.44. The third kappa shape index (κ3) is 7.05. The molecule has 176 valence electrons. The van der Waals surface area contributed by atoms with Crippen molar-refractivity contribution in [2.75, 3.05) is 0 Å². The quantitative estimate of drug-likeness (QED) is 0.330. The van der Waals surface area contributed by atoms with Gasteiger partial charge >= 0.3 is 6.18 Å². The molecule has 1 amide bonds. The summed E-state index contributed by atoms with van der Waals surface area (Å²) in [7, 11) is 0. The first-order valence-electron chi connectivity index (χ1n) is 10.2. The van der Waals surface area contributed by atoms with Crippen molar-refractivity contribution < 1.29 is 22.4 Å². The minimum Gasteiger partial charge on any atom is -0.402 e. The second-order valence-corrected chi connectivity index (χ2v) is 8.99. The Labute approximate surface area is 189 Å². The highest BCUT2D eigenvalue weighted by Crippen LogP contribution is 2.39. The lowest BCUT2D eigenvalue weighted by Gasteiger charge is -2.27. The third-order valence-corrected chi connectivity index (χ3v) is 5.14. The molecule has 0 fully saturated rings. The van der Waals surface area contributed by atoms with Crippen molar-refractivity contribution in [3.63, 3.8) is 0 Å². The summed E-state index contributed by atoms with van der Waals surface area (Å²) in [5.74, 6) is -2.91. The number of alkyl halides is 3. The molecule has 1 atom stereocenters. The number of guanidine groups is 1. The average Bonchev–Trinajstić information content (AvgIpc) is 2.66. The van der Waals surface area contributed by atoms with E-state index in [1.807, 2.05) is 0 Å². The van der Waals surface area contributed by atoms with E-state index in [2.05, 4.69) is 15.3 Å². The van der Waals surface area contributed by atoms with Gasteiger partial charge in [-0.2, -0.15) is 13.2 Å². The van der Waals surface area contributed by atoms with Crippen LogP contribution in [-0.4, -0.2) is 29.3 Å². The molecule has 1 unspecified atom stereocenters. The molecule has 1 aliphatic rings. The SMILES string of the molecule is CCC(=NC(=NC(C)(C)C)NC(=O)c1ccc(Cl)c(F)c1)C1=C(N)CC(C(F)(F)F)CC1. The molecule has 0 radical (unpaired) electrons. The second-order valence-electron chi connectivity index (χ2n) is 8.59. The summed E-state index contributed by atoms with van der Waals surface area (Å²) in [6.45, 7) is 7.18. The first kappa shape index (κ1) is 25.8. The highest BCUT2D eigenvalue weighted by Gasteiger charge is 2.41. The van der Waals surface area contributed by atoms with Gasteiger partial charge in [-0.05, 0) is 70.2 Å². The Balaban J connectivity index is 2.38. The number of aliphatic imine (C=N–C) groups is 2. The number of rotatable bonds is 3. The monoisotopic (exact) mass is 474 g/mol. The highest BCUT2D eigenvalue weighted by molar-refractivity contribution is 6.30. The molecule has 0 heterocycles. The molecule has 5 nitrogen and oxygen atoms in total. The normalized spacial score (nSPS) is 18.7. The van der Waals surface area contributed by atoms with Gasteiger partial charge in [-0.25, -0.2) is 14.4 Å². The van der Waals surface area contributed by atoms with Gasteiger partial charge in [-0.1, -0.05) is 18.5 Å². The van der Waals surface area contributed by atoms with E-state index in [0.29, 0.717) is 17.7 Å². The van der Waals surface area contributed by atoms with E-state index in [1.165, 1.54) is 12.1 Å². The molecule has 1 aromatic rings. The van der Waals surface area contributed by atoms with Crippen molar-refractivity contribution in [2.45, 2.75) is 65.1 Å². The van der Waals surface area contributed by atoms with Gasteiger partial charge in [-0.3, -0.25) is 10.1 Å². The molecule has 10 heteroatoms. The largest absolute Gasteiger partial charge is 0.402 e. The van der Waals surface area contributed by atoms with Gasteiger partial charge < -0.3 is 5.73 Å². The van der Waals surface area contributed by atoms with Gasteiger partial charge in [0, 0.05) is 17.0 Å². The van der Waals surface area contributed by atoms with Gasteiger partial charge in [0.05, 0.1) is 16.5 Å². The van der Waals surface area contributed by atoms with Crippen LogP contribution in [0.15, 0.2) is 39.5 Å². The lowest BCUT2D eigenvalue weighted by Crippen LogP contribution is -2.33. The van der Waals surface area contributed by atoms with Gasteiger partial charge in [0.25, 0.3) is 5.91 Å². The van der Waals surface area contributed by atoms with Crippen molar-refractivity contribution in [1.82, 2.24) is 5.32 Å². The van der Waals surface area contributed by atoms with Gasteiger partial charge in [-0.15, -0.1) is 0 Å². The van der Waals surface area contributed by atoms with Crippen LogP contribution in [0.5, 0.6) is 0 Å². The maximum Gasteiger partial charge on any atom is 0.392 e. The van der Waals surface area contributed by atoms with Crippen molar-refractivity contribution in [2.24, 2.45) is 21.6 Å². The van der Waals surface area contributed by atoms with E-state index >= 15 is 0 Å². The standard InChI is InChI=1S/C22H27ClF4N4O/c1-5-18(14-8-7-13(11-17(14)28)22(25,26)27)29-20(31-21(2,3)4)30-19(32)12-6-9-15(23)16(24)10-12/h6,9-10,13H,5,7-8,11,28H2,1-4H3,(H,30,31,32). The fourth-order valence-electron chi connectivity index (χ4n) is 3.28. The summed E-state index contributed by atoms with van der Waals surface area (Å²) in [6, 6.07) is 3.62. The number of allylic oxidation sites excluding steroid dienone is 2. The topological polar surface area (TPSA) is 79.8 Å². The Morgan fingerprint density at radius 3 is 2.44 bits per heavy atom. The number of hydrogen-bond donors (Lipinski definition) is 2. The molecule has 0 spiro atoms. The minimum atomic E-state index is -4.31. The number of nitrogens with one attached hydrogen (secondary N) is 1. The van der Waals surface area contributed by atoms with Crippen LogP contribution in [-0.2, 0) is 0 Å². The fraction of sp³-hybridized carbons (Fsp3) is 0.500. The molecule has 1 aliphatic carbocycles. The third-order valence-electron chi connectivity index (χ3n) is 4.83. The number of amides is 1. The zero-order chi connectivity index (χ0) is 24.3. The van der Waals surface area contributed by atoms with E-state index in [1.54, 1.807) is 27.7 Å². The van der Waals surface area contributed by atoms with Crippen molar-refractivity contribution in [1.29, 1.82) is 0 Å². The molecular weight excluding hydrogens is 448 g/mol. The average molecular weight is 475 g/mol. The van der Waals surface area contributed by atoms with Crippen LogP contribution in [0.2, 0.25) is 5.02 Å². The molecule has 0 aromatic heterocycles. The summed E-state index contributed by atoms with van der Waals surface area (Å²) < 4.78 is 53.0. The molecule has 0 aliphatic heterocycles. The van der Waals surface area contributed by atoms with E-state index < -0.39 is 29.4 Å². The number of carbonyl (C=O) groups excluding carboxylic acids is 1. The maximum absolute atomic E-state index is 13.7. The van der Waals surface area contributed by atoms with Crippen LogP contribution in [0.1, 0.15) is 63.7 Å². The lowest BCUT2D eigenvalue weighted by atomic mass is 9.84. The van der Waals surface area contributed by atoms with Crippen LogP contribution < -0.4 is 11.1 Å². The zero-order valence-corrected chi connectivity index (χ0v) is 19.2.